The van der Waals surface area contributed by atoms with E-state index in [1.165, 1.54) is 12.8 Å². The molecule has 0 heterocycles. The van der Waals surface area contributed by atoms with Crippen LogP contribution in [0.5, 0.6) is 0 Å². The lowest BCUT2D eigenvalue weighted by Gasteiger charge is -2.14. The smallest absolute Gasteiger partial charge is 0.0580 e. The Labute approximate surface area is 74.7 Å². The lowest BCUT2D eigenvalue weighted by molar-refractivity contribution is 0.132. The summed E-state index contributed by atoms with van der Waals surface area (Å²) in [5.41, 5.74) is 1.16. The monoisotopic (exact) mass is 169 g/mol. The van der Waals surface area contributed by atoms with Crippen molar-refractivity contribution in [3.63, 3.8) is 0 Å². The van der Waals surface area contributed by atoms with Crippen molar-refractivity contribution in [3.05, 3.63) is 12.2 Å². The maximum Gasteiger partial charge on any atom is 0.0580 e. The number of aliphatic hydroxyl groups is 1. The van der Waals surface area contributed by atoms with E-state index in [9.17, 15) is 5.11 Å². The highest BCUT2D eigenvalue weighted by molar-refractivity contribution is 4.91. The molecule has 2 atom stereocenters. The molecule has 0 amide bonds. The van der Waals surface area contributed by atoms with E-state index in [0.717, 1.165) is 25.1 Å². The first-order valence-electron chi connectivity index (χ1n) is 4.73. The fourth-order valence-electron chi connectivity index (χ4n) is 1.73. The topological polar surface area (TPSA) is 32.3 Å². The molecule has 0 aliphatic heterocycles. The number of nitrogens with one attached hydrogen (secondary N) is 1. The summed E-state index contributed by atoms with van der Waals surface area (Å²) in [4.78, 5) is 0. The fourth-order valence-corrected chi connectivity index (χ4v) is 1.73. The quantitative estimate of drug-likeness (QED) is 0.622. The standard InChI is InChI=1S/C10H19NO/c1-8(2)6-11-7-9-4-3-5-10(9)12/h9-12H,1,3-7H2,2H3. The van der Waals surface area contributed by atoms with Crippen LogP contribution in [0.2, 0.25) is 0 Å². The van der Waals surface area contributed by atoms with E-state index >= 15 is 0 Å². The Balaban J connectivity index is 2.10. The van der Waals surface area contributed by atoms with Crippen molar-refractivity contribution in [1.82, 2.24) is 5.32 Å². The van der Waals surface area contributed by atoms with Gasteiger partial charge in [0.05, 0.1) is 6.10 Å². The van der Waals surface area contributed by atoms with Crippen LogP contribution in [0.4, 0.5) is 0 Å². The summed E-state index contributed by atoms with van der Waals surface area (Å²) in [5, 5.41) is 12.8. The van der Waals surface area contributed by atoms with Crippen molar-refractivity contribution in [2.45, 2.75) is 32.3 Å². The number of hydrogen-bond donors (Lipinski definition) is 2. The van der Waals surface area contributed by atoms with Gasteiger partial charge in [-0.05, 0) is 25.7 Å². The Morgan fingerprint density at radius 3 is 2.83 bits per heavy atom. The average molecular weight is 169 g/mol. The van der Waals surface area contributed by atoms with Crippen LogP contribution in [0.1, 0.15) is 26.2 Å². The molecule has 2 unspecified atom stereocenters. The molecule has 0 aromatic rings. The van der Waals surface area contributed by atoms with Gasteiger partial charge in [-0.25, -0.2) is 0 Å². The molecule has 1 aliphatic rings. The van der Waals surface area contributed by atoms with Crippen molar-refractivity contribution in [1.29, 1.82) is 0 Å². The van der Waals surface area contributed by atoms with Crippen molar-refractivity contribution >= 4 is 0 Å². The van der Waals surface area contributed by atoms with E-state index in [4.69, 9.17) is 0 Å². The molecule has 70 valence electrons. The van der Waals surface area contributed by atoms with Crippen LogP contribution in [0.15, 0.2) is 12.2 Å². The van der Waals surface area contributed by atoms with Crippen LogP contribution in [-0.4, -0.2) is 24.3 Å². The third kappa shape index (κ3) is 2.95. The zero-order valence-corrected chi connectivity index (χ0v) is 7.84. The highest BCUT2D eigenvalue weighted by Crippen LogP contribution is 2.24. The largest absolute Gasteiger partial charge is 0.393 e. The van der Waals surface area contributed by atoms with E-state index in [0.29, 0.717) is 5.92 Å². The SMILES string of the molecule is C=C(C)CNCC1CCCC1O. The molecule has 1 rings (SSSR count). The van der Waals surface area contributed by atoms with Gasteiger partial charge < -0.3 is 10.4 Å². The normalized spacial score (nSPS) is 29.2. The third-order valence-corrected chi connectivity index (χ3v) is 2.45. The molecular formula is C10H19NO. The van der Waals surface area contributed by atoms with Gasteiger partial charge in [-0.1, -0.05) is 18.6 Å². The maximum atomic E-state index is 9.49. The van der Waals surface area contributed by atoms with Gasteiger partial charge in [-0.15, -0.1) is 0 Å². The predicted molar refractivity (Wildman–Crippen MR) is 51.0 cm³/mol. The molecule has 0 radical (unpaired) electrons. The molecule has 0 aromatic carbocycles. The van der Waals surface area contributed by atoms with Gasteiger partial charge in [0.15, 0.2) is 0 Å². The summed E-state index contributed by atoms with van der Waals surface area (Å²) in [5.74, 6) is 0.476. The average Bonchev–Trinajstić information content (AvgIpc) is 2.36. The summed E-state index contributed by atoms with van der Waals surface area (Å²) in [6.07, 6.45) is 3.27. The van der Waals surface area contributed by atoms with Crippen molar-refractivity contribution < 1.29 is 5.11 Å². The second-order valence-electron chi connectivity index (χ2n) is 3.85. The lowest BCUT2D eigenvalue weighted by atomic mass is 10.1. The minimum atomic E-state index is -0.0670. The van der Waals surface area contributed by atoms with Gasteiger partial charge in [0.2, 0.25) is 0 Å². The van der Waals surface area contributed by atoms with Gasteiger partial charge in [-0.2, -0.15) is 0 Å². The highest BCUT2D eigenvalue weighted by atomic mass is 16.3. The maximum absolute atomic E-state index is 9.49. The van der Waals surface area contributed by atoms with Crippen LogP contribution in [0.25, 0.3) is 0 Å². The molecule has 1 aliphatic carbocycles. The molecule has 2 heteroatoms. The molecule has 0 saturated heterocycles. The molecule has 0 bridgehead atoms. The van der Waals surface area contributed by atoms with E-state index in [1.54, 1.807) is 0 Å². The molecule has 0 aromatic heterocycles. The Morgan fingerprint density at radius 2 is 2.33 bits per heavy atom. The molecule has 2 N–H and O–H groups in total. The van der Waals surface area contributed by atoms with Crippen LogP contribution < -0.4 is 5.32 Å². The minimum Gasteiger partial charge on any atom is -0.393 e. The van der Waals surface area contributed by atoms with Crippen LogP contribution in [-0.2, 0) is 0 Å². The molecule has 0 spiro atoms. The zero-order valence-electron chi connectivity index (χ0n) is 7.84. The second-order valence-corrected chi connectivity index (χ2v) is 3.85. The summed E-state index contributed by atoms with van der Waals surface area (Å²) < 4.78 is 0. The lowest BCUT2D eigenvalue weighted by Crippen LogP contribution is -2.28. The molecular weight excluding hydrogens is 150 g/mol. The number of rotatable bonds is 4. The minimum absolute atomic E-state index is 0.0670. The van der Waals surface area contributed by atoms with Crippen molar-refractivity contribution in [2.24, 2.45) is 5.92 Å². The van der Waals surface area contributed by atoms with Crippen LogP contribution in [0, 0.1) is 5.92 Å². The molecule has 1 fully saturated rings. The van der Waals surface area contributed by atoms with E-state index < -0.39 is 0 Å². The summed E-state index contributed by atoms with van der Waals surface area (Å²) in [6, 6.07) is 0. The van der Waals surface area contributed by atoms with Gasteiger partial charge in [-0.3, -0.25) is 0 Å². The van der Waals surface area contributed by atoms with E-state index in [2.05, 4.69) is 11.9 Å². The first-order chi connectivity index (χ1) is 5.70. The fraction of sp³-hybridized carbons (Fsp3) is 0.800. The van der Waals surface area contributed by atoms with Gasteiger partial charge in [0.25, 0.3) is 0 Å². The van der Waals surface area contributed by atoms with Gasteiger partial charge >= 0.3 is 0 Å². The Kier molecular flexibility index (Phi) is 3.76. The first-order valence-corrected chi connectivity index (χ1v) is 4.73. The zero-order chi connectivity index (χ0) is 8.97. The highest BCUT2D eigenvalue weighted by Gasteiger charge is 2.24. The molecule has 2 nitrogen and oxygen atoms in total. The van der Waals surface area contributed by atoms with Crippen LogP contribution >= 0.6 is 0 Å². The van der Waals surface area contributed by atoms with Gasteiger partial charge in [0.1, 0.15) is 0 Å². The van der Waals surface area contributed by atoms with Crippen molar-refractivity contribution in [3.8, 4) is 0 Å². The predicted octanol–water partition coefficient (Wildman–Crippen LogP) is 1.31. The third-order valence-electron chi connectivity index (χ3n) is 2.45. The van der Waals surface area contributed by atoms with E-state index in [-0.39, 0.29) is 6.10 Å². The first kappa shape index (κ1) is 9.75. The summed E-state index contributed by atoms with van der Waals surface area (Å²) in [7, 11) is 0. The number of hydrogen-bond acceptors (Lipinski definition) is 2. The summed E-state index contributed by atoms with van der Waals surface area (Å²) in [6.45, 7) is 7.64. The summed E-state index contributed by atoms with van der Waals surface area (Å²) >= 11 is 0. The van der Waals surface area contributed by atoms with E-state index in [1.807, 2.05) is 6.92 Å². The Hall–Kier alpha value is -0.340. The van der Waals surface area contributed by atoms with Gasteiger partial charge in [0, 0.05) is 13.1 Å². The Bertz CT molecular complexity index is 156. The van der Waals surface area contributed by atoms with Crippen molar-refractivity contribution in [2.75, 3.05) is 13.1 Å². The van der Waals surface area contributed by atoms with Crippen LogP contribution in [0.3, 0.4) is 0 Å². The molecule has 12 heavy (non-hydrogen) atoms. The Morgan fingerprint density at radius 1 is 1.58 bits per heavy atom. The second kappa shape index (κ2) is 4.63. The molecule has 1 saturated carbocycles. The number of aliphatic hydroxyl groups excluding tert-OH is 1.